The third kappa shape index (κ3) is 17.6. The van der Waals surface area contributed by atoms with E-state index in [2.05, 4.69) is 20.8 Å². The van der Waals surface area contributed by atoms with Crippen LogP contribution in [-0.4, -0.2) is 34.8 Å². The topological polar surface area (TPSA) is 20.2 Å². The Bertz CT molecular complexity index is 51.5. The molecule has 3 heteroatoms. The minimum Gasteiger partial charge on any atom is -0.396 e. The normalized spacial score (nSPS) is 9.33. The summed E-state index contributed by atoms with van der Waals surface area (Å²) in [6.07, 6.45) is 0.896. The van der Waals surface area contributed by atoms with Gasteiger partial charge in [0.1, 0.15) is 0 Å². The van der Waals surface area contributed by atoms with Crippen LogP contribution in [0.2, 0.25) is 0 Å². The maximum absolute atomic E-state index is 8.40. The first kappa shape index (κ1) is 16.7. The van der Waals surface area contributed by atoms with E-state index in [4.69, 9.17) is 5.11 Å². The molecule has 0 saturated heterocycles. The first-order chi connectivity index (χ1) is 3.06. The van der Waals surface area contributed by atoms with Gasteiger partial charge in [-0.15, -0.1) is 17.0 Å². The van der Waals surface area contributed by atoms with Crippen molar-refractivity contribution in [2.75, 3.05) is 6.61 Å². The Hall–Kier alpha value is 1.21. The molecule has 0 rings (SSSR count). The zero-order valence-electron chi connectivity index (χ0n) is 5.77. The molecule has 0 bridgehead atoms. The predicted octanol–water partition coefficient (Wildman–Crippen LogP) is 1.08. The predicted molar refractivity (Wildman–Crippen MR) is 50.0 cm³/mol. The molecule has 0 saturated carbocycles. The Morgan fingerprint density at radius 3 is 1.56 bits per heavy atom. The van der Waals surface area contributed by atoms with Crippen LogP contribution in [-0.2, 0) is 0 Å². The van der Waals surface area contributed by atoms with Crippen LogP contribution in [0.5, 0.6) is 0 Å². The lowest BCUT2D eigenvalue weighted by molar-refractivity contribution is 0.225. The Morgan fingerprint density at radius 1 is 1.22 bits per heavy atom. The lowest BCUT2D eigenvalue weighted by atomic mass is 9.93. The molecule has 56 valence electrons. The number of hydrogen-bond donors (Lipinski definition) is 1. The van der Waals surface area contributed by atoms with Crippen molar-refractivity contribution in [3.63, 3.8) is 0 Å². The summed E-state index contributed by atoms with van der Waals surface area (Å²) in [6.45, 7) is 6.65. The van der Waals surface area contributed by atoms with Crippen molar-refractivity contribution in [1.82, 2.24) is 0 Å². The zero-order valence-corrected chi connectivity index (χ0v) is 7.48. The molecular formula is C6H17BrMgO. The number of aliphatic hydroxyl groups is 1. The molecule has 0 aromatic heterocycles. The third-order valence-electron chi connectivity index (χ3n) is 0.862. The number of rotatable bonds is 1. The second kappa shape index (κ2) is 7.31. The van der Waals surface area contributed by atoms with Gasteiger partial charge in [0.2, 0.25) is 0 Å². The summed E-state index contributed by atoms with van der Waals surface area (Å²) in [4.78, 5) is 0. The monoisotopic (exact) mass is 208 g/mol. The maximum Gasteiger partial charge on any atom is 0.316 e. The summed E-state index contributed by atoms with van der Waals surface area (Å²) < 4.78 is 0. The van der Waals surface area contributed by atoms with E-state index >= 15 is 0 Å². The van der Waals surface area contributed by atoms with Gasteiger partial charge < -0.3 is 5.11 Å². The minimum absolute atomic E-state index is 0. The van der Waals surface area contributed by atoms with Crippen LogP contribution in [0.3, 0.4) is 0 Å². The highest BCUT2D eigenvalue weighted by Gasteiger charge is 2.06. The number of aliphatic hydroxyl groups excluding tert-OH is 1. The van der Waals surface area contributed by atoms with Gasteiger partial charge in [0.05, 0.1) is 0 Å². The van der Waals surface area contributed by atoms with Gasteiger partial charge in [0, 0.05) is 6.61 Å². The van der Waals surface area contributed by atoms with Crippen LogP contribution >= 0.6 is 17.0 Å². The average molecular weight is 209 g/mol. The summed E-state index contributed by atoms with van der Waals surface area (Å²) >= 11 is 0. The lowest BCUT2D eigenvalue weighted by Crippen LogP contribution is -2.06. The van der Waals surface area contributed by atoms with Gasteiger partial charge in [-0.2, -0.15) is 0 Å². The second-order valence-electron chi connectivity index (χ2n) is 3.03. The van der Waals surface area contributed by atoms with Crippen molar-refractivity contribution < 1.29 is 5.11 Å². The molecule has 9 heavy (non-hydrogen) atoms. The molecule has 1 nitrogen and oxygen atoms in total. The third-order valence-corrected chi connectivity index (χ3v) is 0.862. The molecule has 0 amide bonds. The Balaban J connectivity index is -0.000000180. The van der Waals surface area contributed by atoms with E-state index in [9.17, 15) is 0 Å². The van der Waals surface area contributed by atoms with E-state index in [-0.39, 0.29) is 40.0 Å². The number of hydrogen-bond acceptors (Lipinski definition) is 1. The maximum atomic E-state index is 8.40. The van der Waals surface area contributed by atoms with Gasteiger partial charge in [-0.25, -0.2) is 0 Å². The Labute approximate surface area is 84.1 Å². The van der Waals surface area contributed by atoms with Crippen LogP contribution in [0.4, 0.5) is 0 Å². The first-order valence-electron chi connectivity index (χ1n) is 2.67. The zero-order chi connectivity index (χ0) is 5.91. The van der Waals surface area contributed by atoms with E-state index in [1.807, 2.05) is 0 Å². The molecule has 0 aromatic rings. The highest BCUT2D eigenvalue weighted by Crippen LogP contribution is 2.16. The van der Waals surface area contributed by atoms with Gasteiger partial charge in [-0.05, 0) is 11.8 Å². The van der Waals surface area contributed by atoms with Crippen LogP contribution in [0, 0.1) is 5.41 Å². The molecule has 0 atom stereocenters. The molecule has 0 aliphatic carbocycles. The standard InChI is InChI=1S/C6H14O.BrH.Mg.2H/c1-6(2,3)4-5-7;;;;/h7H,4-5H2,1-3H3;1H;;;. The van der Waals surface area contributed by atoms with Crippen LogP contribution < -0.4 is 0 Å². The quantitative estimate of drug-likeness (QED) is 0.641. The smallest absolute Gasteiger partial charge is 0.316 e. The largest absolute Gasteiger partial charge is 0.396 e. The highest BCUT2D eigenvalue weighted by molar-refractivity contribution is 8.93. The van der Waals surface area contributed by atoms with Gasteiger partial charge >= 0.3 is 23.1 Å². The van der Waals surface area contributed by atoms with Gasteiger partial charge in [-0.1, -0.05) is 20.8 Å². The molecular weight excluding hydrogens is 192 g/mol. The molecule has 0 aromatic carbocycles. The molecule has 0 aliphatic heterocycles. The van der Waals surface area contributed by atoms with Crippen molar-refractivity contribution in [1.29, 1.82) is 0 Å². The van der Waals surface area contributed by atoms with Crippen LogP contribution in [0.1, 0.15) is 27.2 Å². The molecule has 0 spiro atoms. The summed E-state index contributed by atoms with van der Waals surface area (Å²) in [5.74, 6) is 0. The molecule has 0 heterocycles. The summed E-state index contributed by atoms with van der Waals surface area (Å²) in [5.41, 5.74) is 0.300. The Morgan fingerprint density at radius 2 is 1.56 bits per heavy atom. The van der Waals surface area contributed by atoms with E-state index in [1.165, 1.54) is 0 Å². The van der Waals surface area contributed by atoms with E-state index in [0.717, 1.165) is 6.42 Å². The van der Waals surface area contributed by atoms with Crippen molar-refractivity contribution >= 4 is 40.0 Å². The van der Waals surface area contributed by atoms with Gasteiger partial charge in [0.15, 0.2) is 0 Å². The molecule has 0 unspecified atom stereocenters. The lowest BCUT2D eigenvalue weighted by Gasteiger charge is -2.14. The van der Waals surface area contributed by atoms with Crippen LogP contribution in [0.15, 0.2) is 0 Å². The van der Waals surface area contributed by atoms with Crippen molar-refractivity contribution in [3.05, 3.63) is 0 Å². The molecule has 0 aliphatic rings. The molecule has 0 fully saturated rings. The fourth-order valence-electron chi connectivity index (χ4n) is 0.335. The number of halogens is 1. The Kier molecular flexibility index (Phi) is 13.5. The molecule has 1 N–H and O–H groups in total. The SMILES string of the molecule is Br.CC(C)(C)CCO.[MgH2]. The van der Waals surface area contributed by atoms with Crippen molar-refractivity contribution in [2.24, 2.45) is 5.41 Å². The minimum atomic E-state index is 0. The first-order valence-corrected chi connectivity index (χ1v) is 2.67. The van der Waals surface area contributed by atoms with E-state index in [1.54, 1.807) is 0 Å². The highest BCUT2D eigenvalue weighted by atomic mass is 79.9. The van der Waals surface area contributed by atoms with Gasteiger partial charge in [0.25, 0.3) is 0 Å². The second-order valence-corrected chi connectivity index (χ2v) is 3.03. The van der Waals surface area contributed by atoms with Crippen molar-refractivity contribution in [3.8, 4) is 0 Å². The summed E-state index contributed by atoms with van der Waals surface area (Å²) in [5, 5.41) is 8.40. The average Bonchev–Trinajstić information content (AvgIpc) is 1.30. The van der Waals surface area contributed by atoms with E-state index < -0.39 is 0 Å². The fraction of sp³-hybridized carbons (Fsp3) is 1.00. The summed E-state index contributed by atoms with van der Waals surface area (Å²) in [6, 6.07) is 0. The molecule has 0 radical (unpaired) electrons. The summed E-state index contributed by atoms with van der Waals surface area (Å²) in [7, 11) is 0. The van der Waals surface area contributed by atoms with Crippen molar-refractivity contribution in [2.45, 2.75) is 27.2 Å². The van der Waals surface area contributed by atoms with Gasteiger partial charge in [-0.3, -0.25) is 0 Å². The van der Waals surface area contributed by atoms with Crippen LogP contribution in [0.25, 0.3) is 0 Å². The van der Waals surface area contributed by atoms with E-state index in [0.29, 0.717) is 12.0 Å². The fourth-order valence-corrected chi connectivity index (χ4v) is 0.335.